The van der Waals surface area contributed by atoms with Crippen molar-refractivity contribution < 1.29 is 4.74 Å². The summed E-state index contributed by atoms with van der Waals surface area (Å²) in [5.74, 6) is 1.84. The van der Waals surface area contributed by atoms with Crippen LogP contribution in [0.4, 0.5) is 0 Å². The predicted molar refractivity (Wildman–Crippen MR) is 116 cm³/mol. The highest BCUT2D eigenvalue weighted by Gasteiger charge is 2.06. The number of thiophene rings is 1. The van der Waals surface area contributed by atoms with Crippen LogP contribution >= 0.6 is 11.3 Å². The third-order valence-electron chi connectivity index (χ3n) is 4.24. The van der Waals surface area contributed by atoms with Gasteiger partial charge in [-0.25, -0.2) is 0 Å². The van der Waals surface area contributed by atoms with Crippen LogP contribution in [0.15, 0.2) is 46.8 Å². The van der Waals surface area contributed by atoms with E-state index in [0.29, 0.717) is 0 Å². The van der Waals surface area contributed by atoms with E-state index in [1.165, 1.54) is 10.4 Å². The second-order valence-electron chi connectivity index (χ2n) is 6.80. The second kappa shape index (κ2) is 11.6. The van der Waals surface area contributed by atoms with Gasteiger partial charge in [0.1, 0.15) is 5.75 Å². The zero-order valence-electron chi connectivity index (χ0n) is 16.9. The molecule has 0 amide bonds. The van der Waals surface area contributed by atoms with Gasteiger partial charge in [-0.15, -0.1) is 11.3 Å². The smallest absolute Gasteiger partial charge is 0.193 e. The van der Waals surface area contributed by atoms with Gasteiger partial charge in [0, 0.05) is 38.6 Å². The molecule has 0 saturated carbocycles. The number of likely N-dealkylation sites (N-methyl/N-ethyl adjacent to an activating group) is 1. The molecular formula is C21H32N4OS. The van der Waals surface area contributed by atoms with Crippen LogP contribution in [0.2, 0.25) is 0 Å². The van der Waals surface area contributed by atoms with Crippen LogP contribution in [0.5, 0.6) is 5.75 Å². The van der Waals surface area contributed by atoms with Gasteiger partial charge in [-0.05, 0) is 56.1 Å². The van der Waals surface area contributed by atoms with Crippen molar-refractivity contribution >= 4 is 17.3 Å². The Labute approximate surface area is 167 Å². The third kappa shape index (κ3) is 8.01. The van der Waals surface area contributed by atoms with Gasteiger partial charge in [0.15, 0.2) is 5.96 Å². The zero-order chi connectivity index (χ0) is 19.5. The largest absolute Gasteiger partial charge is 0.494 e. The molecule has 2 aromatic rings. The van der Waals surface area contributed by atoms with Crippen molar-refractivity contribution in [2.24, 2.45) is 4.99 Å². The van der Waals surface area contributed by atoms with Gasteiger partial charge in [-0.2, -0.15) is 0 Å². The van der Waals surface area contributed by atoms with E-state index >= 15 is 0 Å². The van der Waals surface area contributed by atoms with Crippen LogP contribution < -0.4 is 10.1 Å². The molecule has 0 saturated heterocycles. The SMILES string of the molecule is CN=C(NCc1ccc(OCCCN(C)C)cc1)N(C)CCc1cccs1. The molecule has 148 valence electrons. The normalized spacial score (nSPS) is 11.7. The maximum Gasteiger partial charge on any atom is 0.193 e. The fraction of sp³-hybridized carbons (Fsp3) is 0.476. The van der Waals surface area contributed by atoms with E-state index in [1.54, 1.807) is 11.3 Å². The Balaban J connectivity index is 1.73. The van der Waals surface area contributed by atoms with E-state index < -0.39 is 0 Å². The minimum Gasteiger partial charge on any atom is -0.494 e. The van der Waals surface area contributed by atoms with E-state index in [2.05, 4.69) is 70.9 Å². The van der Waals surface area contributed by atoms with E-state index in [0.717, 1.165) is 50.8 Å². The number of nitrogens with zero attached hydrogens (tertiary/aromatic N) is 3. The minimum atomic E-state index is 0.747. The van der Waals surface area contributed by atoms with E-state index in [9.17, 15) is 0 Å². The lowest BCUT2D eigenvalue weighted by Gasteiger charge is -2.22. The molecular weight excluding hydrogens is 356 g/mol. The molecule has 1 aromatic carbocycles. The Bertz CT molecular complexity index is 668. The molecule has 27 heavy (non-hydrogen) atoms. The zero-order valence-corrected chi connectivity index (χ0v) is 17.8. The summed E-state index contributed by atoms with van der Waals surface area (Å²) in [5.41, 5.74) is 1.21. The van der Waals surface area contributed by atoms with Gasteiger partial charge in [0.2, 0.25) is 0 Å². The first-order valence-corrected chi connectivity index (χ1v) is 10.3. The van der Waals surface area contributed by atoms with E-state index in [1.807, 2.05) is 19.2 Å². The van der Waals surface area contributed by atoms with Crippen molar-refractivity contribution in [2.75, 3.05) is 47.9 Å². The topological polar surface area (TPSA) is 40.1 Å². The molecule has 0 bridgehead atoms. The van der Waals surface area contributed by atoms with Crippen LogP contribution in [0.3, 0.4) is 0 Å². The number of benzene rings is 1. The number of guanidine groups is 1. The summed E-state index contributed by atoms with van der Waals surface area (Å²) < 4.78 is 5.79. The van der Waals surface area contributed by atoms with Crippen LogP contribution in [-0.4, -0.2) is 63.6 Å². The molecule has 0 atom stereocenters. The molecule has 0 aliphatic heterocycles. The molecule has 0 unspecified atom stereocenters. The van der Waals surface area contributed by atoms with Gasteiger partial charge in [-0.1, -0.05) is 18.2 Å². The number of aliphatic imine (C=N–C) groups is 1. The number of hydrogen-bond donors (Lipinski definition) is 1. The minimum absolute atomic E-state index is 0.747. The van der Waals surface area contributed by atoms with Crippen molar-refractivity contribution in [2.45, 2.75) is 19.4 Å². The van der Waals surface area contributed by atoms with Crippen LogP contribution in [0.1, 0.15) is 16.9 Å². The van der Waals surface area contributed by atoms with Gasteiger partial charge < -0.3 is 19.9 Å². The Kier molecular flexibility index (Phi) is 9.15. The first kappa shape index (κ1) is 21.3. The van der Waals surface area contributed by atoms with Crippen LogP contribution in [0, 0.1) is 0 Å². The predicted octanol–water partition coefficient (Wildman–Crippen LogP) is 3.33. The van der Waals surface area contributed by atoms with Crippen LogP contribution in [-0.2, 0) is 13.0 Å². The van der Waals surface area contributed by atoms with Crippen molar-refractivity contribution in [1.29, 1.82) is 0 Å². The van der Waals surface area contributed by atoms with Crippen LogP contribution in [0.25, 0.3) is 0 Å². The molecule has 1 heterocycles. The second-order valence-corrected chi connectivity index (χ2v) is 7.83. The fourth-order valence-corrected chi connectivity index (χ4v) is 3.38. The maximum atomic E-state index is 5.79. The summed E-state index contributed by atoms with van der Waals surface area (Å²) in [5, 5.41) is 5.56. The van der Waals surface area contributed by atoms with Gasteiger partial charge in [0.05, 0.1) is 6.61 Å². The first-order chi connectivity index (χ1) is 13.1. The van der Waals surface area contributed by atoms with Crippen molar-refractivity contribution in [3.8, 4) is 5.75 Å². The van der Waals surface area contributed by atoms with E-state index in [4.69, 9.17) is 4.74 Å². The average Bonchev–Trinajstić information content (AvgIpc) is 3.18. The fourth-order valence-electron chi connectivity index (χ4n) is 2.68. The number of hydrogen-bond acceptors (Lipinski definition) is 4. The molecule has 1 N–H and O–H groups in total. The Hall–Kier alpha value is -2.05. The van der Waals surface area contributed by atoms with E-state index in [-0.39, 0.29) is 0 Å². The summed E-state index contributed by atoms with van der Waals surface area (Å²) in [4.78, 5) is 10.1. The van der Waals surface area contributed by atoms with Gasteiger partial charge in [0.25, 0.3) is 0 Å². The number of nitrogens with one attached hydrogen (secondary N) is 1. The summed E-state index contributed by atoms with van der Waals surface area (Å²) in [7, 11) is 8.06. The van der Waals surface area contributed by atoms with Crippen molar-refractivity contribution in [1.82, 2.24) is 15.1 Å². The maximum absolute atomic E-state index is 5.79. The van der Waals surface area contributed by atoms with Gasteiger partial charge >= 0.3 is 0 Å². The third-order valence-corrected chi connectivity index (χ3v) is 5.18. The van der Waals surface area contributed by atoms with Crippen molar-refractivity contribution in [3.05, 3.63) is 52.2 Å². The lowest BCUT2D eigenvalue weighted by Crippen LogP contribution is -2.39. The Morgan fingerprint density at radius 3 is 2.52 bits per heavy atom. The number of ether oxygens (including phenoxy) is 1. The first-order valence-electron chi connectivity index (χ1n) is 9.39. The quantitative estimate of drug-likeness (QED) is 0.385. The molecule has 5 nitrogen and oxygen atoms in total. The molecule has 0 radical (unpaired) electrons. The Morgan fingerprint density at radius 1 is 1.11 bits per heavy atom. The summed E-state index contributed by atoms with van der Waals surface area (Å²) in [6.07, 6.45) is 2.07. The average molecular weight is 389 g/mol. The lowest BCUT2D eigenvalue weighted by molar-refractivity contribution is 0.281. The summed E-state index contributed by atoms with van der Waals surface area (Å²) in [6.45, 7) is 3.48. The highest BCUT2D eigenvalue weighted by Crippen LogP contribution is 2.13. The Morgan fingerprint density at radius 2 is 1.89 bits per heavy atom. The lowest BCUT2D eigenvalue weighted by atomic mass is 10.2. The molecule has 0 fully saturated rings. The number of rotatable bonds is 10. The highest BCUT2D eigenvalue weighted by molar-refractivity contribution is 7.09. The standard InChI is InChI=1S/C21H32N4OS/c1-22-21(25(4)14-12-20-7-5-16-27-20)23-17-18-8-10-19(11-9-18)26-15-6-13-24(2)3/h5,7-11,16H,6,12-15,17H2,1-4H3,(H,22,23). The molecule has 6 heteroatoms. The summed E-state index contributed by atoms with van der Waals surface area (Å²) in [6, 6.07) is 12.6. The molecule has 0 aliphatic rings. The van der Waals surface area contributed by atoms with Crippen molar-refractivity contribution in [3.63, 3.8) is 0 Å². The monoisotopic (exact) mass is 388 g/mol. The molecule has 0 spiro atoms. The van der Waals surface area contributed by atoms with Gasteiger partial charge in [-0.3, -0.25) is 4.99 Å². The summed E-state index contributed by atoms with van der Waals surface area (Å²) >= 11 is 1.80. The highest BCUT2D eigenvalue weighted by atomic mass is 32.1. The molecule has 1 aromatic heterocycles. The molecule has 2 rings (SSSR count). The molecule has 0 aliphatic carbocycles.